The third-order valence-corrected chi connectivity index (χ3v) is 2.16. The van der Waals surface area contributed by atoms with Crippen molar-refractivity contribution in [2.45, 2.75) is 6.92 Å². The predicted molar refractivity (Wildman–Crippen MR) is 59.8 cm³/mol. The van der Waals surface area contributed by atoms with E-state index in [0.717, 1.165) is 5.56 Å². The van der Waals surface area contributed by atoms with Gasteiger partial charge >= 0.3 is 5.97 Å². The highest BCUT2D eigenvalue weighted by Gasteiger charge is 2.13. The number of esters is 1. The van der Waals surface area contributed by atoms with E-state index in [1.54, 1.807) is 19.1 Å². The number of carbonyl (C=O) groups is 1. The fraction of sp³-hybridized carbons (Fsp3) is 0.250. The smallest absolute Gasteiger partial charge is 0.341 e. The van der Waals surface area contributed by atoms with Gasteiger partial charge in [-0.1, -0.05) is 12.1 Å². The van der Waals surface area contributed by atoms with Gasteiger partial charge in [-0.2, -0.15) is 0 Å². The first-order chi connectivity index (χ1) is 7.60. The number of ether oxygens (including phenoxy) is 2. The van der Waals surface area contributed by atoms with Gasteiger partial charge < -0.3 is 14.6 Å². The minimum Gasteiger partial charge on any atom is -0.508 e. The third kappa shape index (κ3) is 2.53. The zero-order valence-electron chi connectivity index (χ0n) is 9.48. The van der Waals surface area contributed by atoms with Gasteiger partial charge in [-0.3, -0.25) is 0 Å². The molecule has 0 fully saturated rings. The van der Waals surface area contributed by atoms with Gasteiger partial charge in [0.1, 0.15) is 11.3 Å². The molecule has 0 aliphatic rings. The molecule has 86 valence electrons. The third-order valence-electron chi connectivity index (χ3n) is 2.16. The lowest BCUT2D eigenvalue weighted by atomic mass is 10.0. The highest BCUT2D eigenvalue weighted by atomic mass is 16.5. The first kappa shape index (κ1) is 12.1. The second-order valence-electron chi connectivity index (χ2n) is 3.26. The van der Waals surface area contributed by atoms with E-state index in [0.29, 0.717) is 5.56 Å². The topological polar surface area (TPSA) is 55.8 Å². The van der Waals surface area contributed by atoms with E-state index in [2.05, 4.69) is 4.74 Å². The molecule has 1 aromatic carbocycles. The van der Waals surface area contributed by atoms with Gasteiger partial charge in [-0.15, -0.1) is 0 Å². The molecule has 0 aliphatic heterocycles. The standard InChI is InChI=1S/C12H14O4/c1-8-4-5-9(6-11(8)13)10(7-15-2)12(14)16-3/h4-7,13H,1-3H3/b10-7+. The minimum absolute atomic E-state index is 0.128. The average Bonchev–Trinajstić information content (AvgIpc) is 2.29. The largest absolute Gasteiger partial charge is 0.508 e. The summed E-state index contributed by atoms with van der Waals surface area (Å²) in [5.74, 6) is -0.381. The lowest BCUT2D eigenvalue weighted by Gasteiger charge is -2.07. The molecule has 1 aromatic rings. The lowest BCUT2D eigenvalue weighted by molar-refractivity contribution is -0.133. The SMILES string of the molecule is CO/C=C(/C(=O)OC)c1ccc(C)c(O)c1. The number of hydrogen-bond donors (Lipinski definition) is 1. The Morgan fingerprint density at radius 3 is 2.56 bits per heavy atom. The minimum atomic E-state index is -0.509. The zero-order valence-corrected chi connectivity index (χ0v) is 9.48. The number of methoxy groups -OCH3 is 2. The fourth-order valence-electron chi connectivity index (χ4n) is 1.24. The number of benzene rings is 1. The van der Waals surface area contributed by atoms with E-state index in [1.807, 2.05) is 0 Å². The van der Waals surface area contributed by atoms with Crippen molar-refractivity contribution in [3.63, 3.8) is 0 Å². The van der Waals surface area contributed by atoms with Crippen molar-refractivity contribution in [1.82, 2.24) is 0 Å². The Hall–Kier alpha value is -1.97. The molecule has 4 nitrogen and oxygen atoms in total. The number of hydrogen-bond acceptors (Lipinski definition) is 4. The van der Waals surface area contributed by atoms with E-state index in [1.165, 1.54) is 26.5 Å². The summed E-state index contributed by atoms with van der Waals surface area (Å²) in [4.78, 5) is 11.4. The van der Waals surface area contributed by atoms with Crippen molar-refractivity contribution in [2.75, 3.05) is 14.2 Å². The molecule has 0 bridgehead atoms. The molecule has 16 heavy (non-hydrogen) atoms. The molecule has 1 N–H and O–H groups in total. The van der Waals surface area contributed by atoms with Gasteiger partial charge in [0, 0.05) is 0 Å². The van der Waals surface area contributed by atoms with Crippen LogP contribution in [0.25, 0.3) is 5.57 Å². The van der Waals surface area contributed by atoms with E-state index < -0.39 is 5.97 Å². The van der Waals surface area contributed by atoms with Crippen molar-refractivity contribution >= 4 is 11.5 Å². The predicted octanol–water partition coefficient (Wildman–Crippen LogP) is 1.86. The van der Waals surface area contributed by atoms with Crippen LogP contribution in [0.15, 0.2) is 24.5 Å². The van der Waals surface area contributed by atoms with Gasteiger partial charge in [0.15, 0.2) is 0 Å². The molecule has 0 spiro atoms. The number of carbonyl (C=O) groups excluding carboxylic acids is 1. The maximum absolute atomic E-state index is 11.4. The fourth-order valence-corrected chi connectivity index (χ4v) is 1.24. The first-order valence-electron chi connectivity index (χ1n) is 4.71. The number of rotatable bonds is 3. The molecule has 1 rings (SSSR count). The Labute approximate surface area is 94.1 Å². The highest BCUT2D eigenvalue weighted by Crippen LogP contribution is 2.23. The maximum Gasteiger partial charge on any atom is 0.341 e. The summed E-state index contributed by atoms with van der Waals surface area (Å²) in [7, 11) is 2.73. The van der Waals surface area contributed by atoms with Crippen molar-refractivity contribution in [1.29, 1.82) is 0 Å². The quantitative estimate of drug-likeness (QED) is 0.482. The Morgan fingerprint density at radius 2 is 2.06 bits per heavy atom. The lowest BCUT2D eigenvalue weighted by Crippen LogP contribution is -2.04. The van der Waals surface area contributed by atoms with Gasteiger partial charge in [0.2, 0.25) is 0 Å². The molecule has 0 radical (unpaired) electrons. The van der Waals surface area contributed by atoms with Crippen LogP contribution in [-0.2, 0) is 14.3 Å². The first-order valence-corrected chi connectivity index (χ1v) is 4.71. The Bertz CT molecular complexity index is 421. The summed E-state index contributed by atoms with van der Waals surface area (Å²) >= 11 is 0. The summed E-state index contributed by atoms with van der Waals surface area (Å²) in [6.45, 7) is 1.77. The maximum atomic E-state index is 11.4. The summed E-state index contributed by atoms with van der Waals surface area (Å²) in [5, 5.41) is 9.55. The van der Waals surface area contributed by atoms with E-state index in [-0.39, 0.29) is 11.3 Å². The Balaban J connectivity index is 3.17. The van der Waals surface area contributed by atoms with Crippen LogP contribution in [0.2, 0.25) is 0 Å². The van der Waals surface area contributed by atoms with Crippen LogP contribution < -0.4 is 0 Å². The van der Waals surface area contributed by atoms with Gasteiger partial charge in [0.05, 0.1) is 20.5 Å². The average molecular weight is 222 g/mol. The van der Waals surface area contributed by atoms with Gasteiger partial charge in [0.25, 0.3) is 0 Å². The van der Waals surface area contributed by atoms with Crippen molar-refractivity contribution in [3.8, 4) is 5.75 Å². The normalized spacial score (nSPS) is 11.1. The molecule has 0 heterocycles. The van der Waals surface area contributed by atoms with E-state index >= 15 is 0 Å². The molecule has 0 amide bonds. The molecule has 0 atom stereocenters. The second kappa shape index (κ2) is 5.21. The van der Waals surface area contributed by atoms with Crippen LogP contribution in [-0.4, -0.2) is 25.3 Å². The second-order valence-corrected chi connectivity index (χ2v) is 3.26. The molecule has 0 saturated heterocycles. The number of aromatic hydroxyl groups is 1. The number of aryl methyl sites for hydroxylation is 1. The van der Waals surface area contributed by atoms with Crippen molar-refractivity contribution in [3.05, 3.63) is 35.6 Å². The summed E-state index contributed by atoms with van der Waals surface area (Å²) in [6, 6.07) is 4.94. The summed E-state index contributed by atoms with van der Waals surface area (Å²) in [6.07, 6.45) is 1.29. The number of phenolic OH excluding ortho intramolecular Hbond substituents is 1. The molecule has 4 heteroatoms. The Morgan fingerprint density at radius 1 is 1.38 bits per heavy atom. The van der Waals surface area contributed by atoms with E-state index in [4.69, 9.17) is 4.74 Å². The molecule has 0 unspecified atom stereocenters. The Kier molecular flexibility index (Phi) is 3.94. The van der Waals surface area contributed by atoms with Crippen LogP contribution in [0, 0.1) is 6.92 Å². The summed E-state index contributed by atoms with van der Waals surface area (Å²) < 4.78 is 9.43. The van der Waals surface area contributed by atoms with Crippen LogP contribution in [0.3, 0.4) is 0 Å². The molecule has 0 aromatic heterocycles. The molecular weight excluding hydrogens is 208 g/mol. The van der Waals surface area contributed by atoms with Crippen molar-refractivity contribution in [2.24, 2.45) is 0 Å². The van der Waals surface area contributed by atoms with Gasteiger partial charge in [-0.25, -0.2) is 4.79 Å². The van der Waals surface area contributed by atoms with E-state index in [9.17, 15) is 9.90 Å². The van der Waals surface area contributed by atoms with Crippen LogP contribution >= 0.6 is 0 Å². The van der Waals surface area contributed by atoms with Crippen molar-refractivity contribution < 1.29 is 19.4 Å². The molecule has 0 saturated carbocycles. The summed E-state index contributed by atoms with van der Waals surface area (Å²) in [5.41, 5.74) is 1.56. The molecule has 0 aliphatic carbocycles. The number of phenols is 1. The van der Waals surface area contributed by atoms with Crippen LogP contribution in [0.5, 0.6) is 5.75 Å². The molecular formula is C12H14O4. The van der Waals surface area contributed by atoms with Gasteiger partial charge in [-0.05, 0) is 24.1 Å². The van der Waals surface area contributed by atoms with Crippen LogP contribution in [0.1, 0.15) is 11.1 Å². The monoisotopic (exact) mass is 222 g/mol. The zero-order chi connectivity index (χ0) is 12.1. The highest BCUT2D eigenvalue weighted by molar-refractivity contribution is 6.16. The van der Waals surface area contributed by atoms with Crippen LogP contribution in [0.4, 0.5) is 0 Å².